The lowest BCUT2D eigenvalue weighted by Crippen LogP contribution is -2.09. The number of carbonyl (C=O) groups excluding carboxylic acids is 1. The second-order valence-electron chi connectivity index (χ2n) is 2.28. The van der Waals surface area contributed by atoms with Crippen LogP contribution in [0.25, 0.3) is 0 Å². The van der Waals surface area contributed by atoms with Crippen LogP contribution in [0.4, 0.5) is 5.82 Å². The van der Waals surface area contributed by atoms with E-state index in [1.165, 1.54) is 0 Å². The molecule has 0 saturated carbocycles. The number of rotatable bonds is 2. The molecule has 1 aromatic rings. The summed E-state index contributed by atoms with van der Waals surface area (Å²) in [6, 6.07) is 1.76. The van der Waals surface area contributed by atoms with Gasteiger partial charge in [0.2, 0.25) is 5.91 Å². The summed E-state index contributed by atoms with van der Waals surface area (Å²) in [4.78, 5) is 10.8. The van der Waals surface area contributed by atoms with Crippen LogP contribution in [0, 0.1) is 0 Å². The lowest BCUT2D eigenvalue weighted by molar-refractivity contribution is -0.115. The topological polar surface area (TPSA) is 46.9 Å². The van der Waals surface area contributed by atoms with Gasteiger partial charge in [-0.1, -0.05) is 6.92 Å². The minimum absolute atomic E-state index is 0.0105. The van der Waals surface area contributed by atoms with Gasteiger partial charge in [-0.15, -0.1) is 0 Å². The Morgan fingerprint density at radius 3 is 3.00 bits per heavy atom. The number of carbonyl (C=O) groups is 1. The van der Waals surface area contributed by atoms with Crippen LogP contribution in [0.3, 0.4) is 0 Å². The van der Waals surface area contributed by atoms with E-state index < -0.39 is 0 Å². The van der Waals surface area contributed by atoms with Gasteiger partial charge in [0, 0.05) is 25.7 Å². The van der Waals surface area contributed by atoms with Gasteiger partial charge in [0.15, 0.2) is 5.82 Å². The Kier molecular flexibility index (Phi) is 2.25. The number of amides is 1. The van der Waals surface area contributed by atoms with E-state index in [0.717, 1.165) is 0 Å². The summed E-state index contributed by atoms with van der Waals surface area (Å²) in [5.41, 5.74) is 0. The van der Waals surface area contributed by atoms with Crippen molar-refractivity contribution in [3.05, 3.63) is 12.3 Å². The molecule has 0 spiro atoms. The van der Waals surface area contributed by atoms with E-state index in [0.29, 0.717) is 12.2 Å². The molecule has 1 aromatic heterocycles. The molecule has 0 aliphatic heterocycles. The fourth-order valence-electron chi connectivity index (χ4n) is 0.713. The molecule has 11 heavy (non-hydrogen) atoms. The van der Waals surface area contributed by atoms with E-state index in [-0.39, 0.29) is 5.91 Å². The third-order valence-corrected chi connectivity index (χ3v) is 1.30. The van der Waals surface area contributed by atoms with Gasteiger partial charge in [-0.25, -0.2) is 0 Å². The van der Waals surface area contributed by atoms with Gasteiger partial charge in [-0.2, -0.15) is 5.10 Å². The largest absolute Gasteiger partial charge is 0.309 e. The molecule has 0 aromatic carbocycles. The highest BCUT2D eigenvalue weighted by Gasteiger charge is 1.99. The van der Waals surface area contributed by atoms with Crippen LogP contribution < -0.4 is 5.32 Å². The number of aromatic nitrogens is 2. The zero-order valence-corrected chi connectivity index (χ0v) is 6.66. The number of nitrogens with zero attached hydrogens (tertiary/aromatic N) is 2. The average molecular weight is 153 g/mol. The van der Waals surface area contributed by atoms with Crippen molar-refractivity contribution >= 4 is 11.7 Å². The molecule has 1 amide bonds. The van der Waals surface area contributed by atoms with Crippen LogP contribution in [0.5, 0.6) is 0 Å². The molecule has 0 unspecified atom stereocenters. The van der Waals surface area contributed by atoms with Crippen molar-refractivity contribution in [2.75, 3.05) is 5.32 Å². The normalized spacial score (nSPS) is 9.64. The SMILES string of the molecule is CCC(=O)Nc1ccn(C)n1. The van der Waals surface area contributed by atoms with Gasteiger partial charge in [-0.3, -0.25) is 9.48 Å². The molecular formula is C7H11N3O. The Morgan fingerprint density at radius 2 is 2.55 bits per heavy atom. The zero-order chi connectivity index (χ0) is 8.27. The maximum atomic E-state index is 10.8. The average Bonchev–Trinajstić information content (AvgIpc) is 2.35. The number of hydrogen-bond donors (Lipinski definition) is 1. The van der Waals surface area contributed by atoms with Crippen molar-refractivity contribution in [2.24, 2.45) is 7.05 Å². The Morgan fingerprint density at radius 1 is 1.82 bits per heavy atom. The summed E-state index contributed by atoms with van der Waals surface area (Å²) in [5, 5.41) is 6.62. The third-order valence-electron chi connectivity index (χ3n) is 1.30. The molecule has 0 atom stereocenters. The molecule has 4 nitrogen and oxygen atoms in total. The first kappa shape index (κ1) is 7.78. The number of anilines is 1. The van der Waals surface area contributed by atoms with Gasteiger partial charge in [0.05, 0.1) is 0 Å². The molecular weight excluding hydrogens is 142 g/mol. The predicted molar refractivity (Wildman–Crippen MR) is 42.1 cm³/mol. The minimum Gasteiger partial charge on any atom is -0.309 e. The van der Waals surface area contributed by atoms with E-state index in [1.807, 2.05) is 7.05 Å². The van der Waals surface area contributed by atoms with Crippen LogP contribution in [-0.4, -0.2) is 15.7 Å². The van der Waals surface area contributed by atoms with Crippen molar-refractivity contribution in [3.8, 4) is 0 Å². The molecule has 1 N–H and O–H groups in total. The quantitative estimate of drug-likeness (QED) is 0.682. The van der Waals surface area contributed by atoms with Gasteiger partial charge in [-0.05, 0) is 0 Å². The van der Waals surface area contributed by atoms with Crippen molar-refractivity contribution in [3.63, 3.8) is 0 Å². The van der Waals surface area contributed by atoms with Crippen LogP contribution in [0.1, 0.15) is 13.3 Å². The van der Waals surface area contributed by atoms with Gasteiger partial charge >= 0.3 is 0 Å². The second-order valence-corrected chi connectivity index (χ2v) is 2.28. The van der Waals surface area contributed by atoms with E-state index in [9.17, 15) is 4.79 Å². The number of nitrogens with one attached hydrogen (secondary N) is 1. The monoisotopic (exact) mass is 153 g/mol. The van der Waals surface area contributed by atoms with Crippen LogP contribution in [0.2, 0.25) is 0 Å². The standard InChI is InChI=1S/C7H11N3O/c1-3-7(11)8-6-4-5-10(2)9-6/h4-5H,3H2,1-2H3,(H,8,9,11). The fraction of sp³-hybridized carbons (Fsp3) is 0.429. The first-order chi connectivity index (χ1) is 5.22. The molecule has 1 heterocycles. The van der Waals surface area contributed by atoms with Crippen LogP contribution >= 0.6 is 0 Å². The van der Waals surface area contributed by atoms with Crippen molar-refractivity contribution in [1.82, 2.24) is 9.78 Å². The molecule has 1 rings (SSSR count). The smallest absolute Gasteiger partial charge is 0.225 e. The predicted octanol–water partition coefficient (Wildman–Crippen LogP) is 0.769. The van der Waals surface area contributed by atoms with E-state index in [1.54, 1.807) is 23.9 Å². The van der Waals surface area contributed by atoms with Gasteiger partial charge in [0.1, 0.15) is 0 Å². The molecule has 4 heteroatoms. The van der Waals surface area contributed by atoms with Crippen molar-refractivity contribution in [2.45, 2.75) is 13.3 Å². The second kappa shape index (κ2) is 3.18. The Balaban J connectivity index is 2.57. The first-order valence-electron chi connectivity index (χ1n) is 3.52. The Bertz CT molecular complexity index is 254. The first-order valence-corrected chi connectivity index (χ1v) is 3.52. The maximum Gasteiger partial charge on any atom is 0.225 e. The zero-order valence-electron chi connectivity index (χ0n) is 6.66. The molecule has 0 aliphatic carbocycles. The van der Waals surface area contributed by atoms with E-state index >= 15 is 0 Å². The lowest BCUT2D eigenvalue weighted by atomic mass is 10.4. The summed E-state index contributed by atoms with van der Waals surface area (Å²) in [6.45, 7) is 1.80. The summed E-state index contributed by atoms with van der Waals surface area (Å²) in [5.74, 6) is 0.600. The van der Waals surface area contributed by atoms with Gasteiger partial charge < -0.3 is 5.32 Å². The summed E-state index contributed by atoms with van der Waals surface area (Å²) in [6.07, 6.45) is 2.27. The highest BCUT2D eigenvalue weighted by atomic mass is 16.1. The molecule has 0 saturated heterocycles. The molecule has 0 radical (unpaired) electrons. The summed E-state index contributed by atoms with van der Waals surface area (Å²) in [7, 11) is 1.81. The van der Waals surface area contributed by atoms with Crippen molar-refractivity contribution in [1.29, 1.82) is 0 Å². The number of hydrogen-bond acceptors (Lipinski definition) is 2. The van der Waals surface area contributed by atoms with Crippen molar-refractivity contribution < 1.29 is 4.79 Å². The summed E-state index contributed by atoms with van der Waals surface area (Å²) < 4.78 is 1.64. The van der Waals surface area contributed by atoms with Gasteiger partial charge in [0.25, 0.3) is 0 Å². The minimum atomic E-state index is -0.0105. The third kappa shape index (κ3) is 2.07. The molecule has 0 bridgehead atoms. The highest BCUT2D eigenvalue weighted by Crippen LogP contribution is 2.00. The summed E-state index contributed by atoms with van der Waals surface area (Å²) >= 11 is 0. The Labute approximate surface area is 65.2 Å². The maximum absolute atomic E-state index is 10.8. The molecule has 0 fully saturated rings. The van der Waals surface area contributed by atoms with E-state index in [2.05, 4.69) is 10.4 Å². The van der Waals surface area contributed by atoms with E-state index in [4.69, 9.17) is 0 Å². The molecule has 0 aliphatic rings. The highest BCUT2D eigenvalue weighted by molar-refractivity contribution is 5.89. The number of aryl methyl sites for hydroxylation is 1. The lowest BCUT2D eigenvalue weighted by Gasteiger charge is -1.96. The fourth-order valence-corrected chi connectivity index (χ4v) is 0.713. The Hall–Kier alpha value is -1.32. The molecule has 60 valence electrons. The van der Waals surface area contributed by atoms with Crippen LogP contribution in [0.15, 0.2) is 12.3 Å². The van der Waals surface area contributed by atoms with Crippen LogP contribution in [-0.2, 0) is 11.8 Å².